The van der Waals surface area contributed by atoms with Crippen molar-refractivity contribution in [3.8, 4) is 5.75 Å². The van der Waals surface area contributed by atoms with Crippen molar-refractivity contribution in [3.63, 3.8) is 0 Å². The second-order valence-corrected chi connectivity index (χ2v) is 6.54. The van der Waals surface area contributed by atoms with Crippen molar-refractivity contribution >= 4 is 23.0 Å². The largest absolute Gasteiger partial charge is 0.496 e. The first-order valence-electron chi connectivity index (χ1n) is 8.24. The van der Waals surface area contributed by atoms with Gasteiger partial charge in [-0.15, -0.1) is 0 Å². The van der Waals surface area contributed by atoms with Crippen LogP contribution in [0.1, 0.15) is 17.2 Å². The zero-order valence-corrected chi connectivity index (χ0v) is 16.1. The first-order chi connectivity index (χ1) is 12.7. The summed E-state index contributed by atoms with van der Waals surface area (Å²) in [7, 11) is 5.48. The Morgan fingerprint density at radius 3 is 2.48 bits per heavy atom. The molecule has 0 radical (unpaired) electrons. The predicted octanol–water partition coefficient (Wildman–Crippen LogP) is 4.30. The number of para-hydroxylation sites is 1. The molecular formula is C19H22F3N3OS. The fourth-order valence-electron chi connectivity index (χ4n) is 2.65. The number of benzene rings is 2. The van der Waals surface area contributed by atoms with Gasteiger partial charge < -0.3 is 20.3 Å². The molecule has 2 aromatic rings. The van der Waals surface area contributed by atoms with Crippen LogP contribution in [-0.2, 0) is 6.18 Å². The van der Waals surface area contributed by atoms with Crippen molar-refractivity contribution in [1.29, 1.82) is 0 Å². The highest BCUT2D eigenvalue weighted by molar-refractivity contribution is 7.80. The number of likely N-dealkylation sites (N-methyl/N-ethyl adjacent to an activating group) is 1. The van der Waals surface area contributed by atoms with Crippen LogP contribution < -0.4 is 15.4 Å². The van der Waals surface area contributed by atoms with Crippen LogP contribution in [0.5, 0.6) is 5.75 Å². The number of thiocarbonyl (C=S) groups is 1. The fourth-order valence-corrected chi connectivity index (χ4v) is 2.85. The Kier molecular flexibility index (Phi) is 7.04. The molecule has 0 aliphatic rings. The number of methoxy groups -OCH3 is 1. The summed E-state index contributed by atoms with van der Waals surface area (Å²) in [4.78, 5) is 2.01. The summed E-state index contributed by atoms with van der Waals surface area (Å²) < 4.78 is 43.9. The molecule has 2 N–H and O–H groups in total. The molecule has 0 aliphatic heterocycles. The Morgan fingerprint density at radius 1 is 1.15 bits per heavy atom. The number of anilines is 1. The van der Waals surface area contributed by atoms with E-state index in [1.807, 2.05) is 43.3 Å². The molecule has 27 heavy (non-hydrogen) atoms. The first kappa shape index (κ1) is 21.0. The molecule has 0 saturated carbocycles. The third kappa shape index (κ3) is 5.83. The molecule has 0 amide bonds. The lowest BCUT2D eigenvalue weighted by molar-refractivity contribution is -0.137. The molecule has 0 aromatic heterocycles. The number of nitrogens with zero attached hydrogens (tertiary/aromatic N) is 1. The minimum atomic E-state index is -4.40. The topological polar surface area (TPSA) is 36.5 Å². The molecule has 2 rings (SSSR count). The third-order valence-corrected chi connectivity index (χ3v) is 4.27. The summed E-state index contributed by atoms with van der Waals surface area (Å²) in [5.41, 5.74) is 0.538. The van der Waals surface area contributed by atoms with Crippen LogP contribution in [0.4, 0.5) is 18.9 Å². The van der Waals surface area contributed by atoms with Gasteiger partial charge in [0.25, 0.3) is 0 Å². The molecule has 0 heterocycles. The Morgan fingerprint density at radius 2 is 1.85 bits per heavy atom. The zero-order chi connectivity index (χ0) is 20.0. The van der Waals surface area contributed by atoms with E-state index in [0.717, 1.165) is 23.4 Å². The molecule has 1 atom stereocenters. The van der Waals surface area contributed by atoms with Crippen LogP contribution in [0.15, 0.2) is 48.5 Å². The highest BCUT2D eigenvalue weighted by atomic mass is 32.1. The lowest BCUT2D eigenvalue weighted by Gasteiger charge is -2.27. The predicted molar refractivity (Wildman–Crippen MR) is 105 cm³/mol. The highest BCUT2D eigenvalue weighted by Gasteiger charge is 2.30. The number of ether oxygens (including phenoxy) is 1. The van der Waals surface area contributed by atoms with E-state index < -0.39 is 11.7 Å². The van der Waals surface area contributed by atoms with Crippen molar-refractivity contribution in [2.45, 2.75) is 12.2 Å². The molecule has 4 nitrogen and oxygen atoms in total. The molecule has 0 bridgehead atoms. The van der Waals surface area contributed by atoms with Crippen molar-refractivity contribution in [2.75, 3.05) is 33.1 Å². The lowest BCUT2D eigenvalue weighted by atomic mass is 10.0. The summed E-state index contributed by atoms with van der Waals surface area (Å²) in [5, 5.41) is 6.11. The number of rotatable bonds is 6. The Bertz CT molecular complexity index is 781. The van der Waals surface area contributed by atoms with Gasteiger partial charge in [0, 0.05) is 17.8 Å². The van der Waals surface area contributed by atoms with E-state index in [1.165, 1.54) is 12.1 Å². The highest BCUT2D eigenvalue weighted by Crippen LogP contribution is 2.31. The van der Waals surface area contributed by atoms with Gasteiger partial charge in [-0.2, -0.15) is 13.2 Å². The van der Waals surface area contributed by atoms with E-state index in [4.69, 9.17) is 17.0 Å². The fraction of sp³-hybridized carbons (Fsp3) is 0.316. The lowest BCUT2D eigenvalue weighted by Crippen LogP contribution is -2.36. The summed E-state index contributed by atoms with van der Waals surface area (Å²) in [6, 6.07) is 12.5. The van der Waals surface area contributed by atoms with E-state index in [2.05, 4.69) is 10.6 Å². The van der Waals surface area contributed by atoms with E-state index in [1.54, 1.807) is 7.11 Å². The molecule has 0 fully saturated rings. The van der Waals surface area contributed by atoms with E-state index in [9.17, 15) is 13.2 Å². The van der Waals surface area contributed by atoms with Gasteiger partial charge in [0.05, 0.1) is 18.7 Å². The normalized spacial score (nSPS) is 12.6. The molecule has 146 valence electrons. The number of hydrogen-bond acceptors (Lipinski definition) is 3. The van der Waals surface area contributed by atoms with Gasteiger partial charge in [0.15, 0.2) is 5.11 Å². The van der Waals surface area contributed by atoms with E-state index in [0.29, 0.717) is 6.54 Å². The summed E-state index contributed by atoms with van der Waals surface area (Å²) in [6.45, 7) is 0.457. The maximum absolute atomic E-state index is 12.8. The first-order valence-corrected chi connectivity index (χ1v) is 8.64. The zero-order valence-electron chi connectivity index (χ0n) is 15.3. The quantitative estimate of drug-likeness (QED) is 0.711. The van der Waals surface area contributed by atoms with Gasteiger partial charge in [-0.25, -0.2) is 0 Å². The Hall–Kier alpha value is -2.32. The summed E-state index contributed by atoms with van der Waals surface area (Å²) in [5.74, 6) is 0.759. The molecule has 0 saturated heterocycles. The monoisotopic (exact) mass is 397 g/mol. The summed E-state index contributed by atoms with van der Waals surface area (Å²) in [6.07, 6.45) is -4.40. The smallest absolute Gasteiger partial charge is 0.416 e. The molecule has 0 spiro atoms. The number of alkyl halides is 3. The maximum atomic E-state index is 12.8. The van der Waals surface area contributed by atoms with Gasteiger partial charge >= 0.3 is 6.18 Å². The van der Waals surface area contributed by atoms with Crippen LogP contribution in [0.2, 0.25) is 0 Å². The summed E-state index contributed by atoms with van der Waals surface area (Å²) >= 11 is 5.24. The SMILES string of the molecule is COc1ccccc1[C@H](CNC(=S)Nc1cccc(C(F)(F)F)c1)N(C)C. The second-order valence-electron chi connectivity index (χ2n) is 6.13. The average molecular weight is 397 g/mol. The molecule has 8 heteroatoms. The van der Waals surface area contributed by atoms with Crippen molar-refractivity contribution < 1.29 is 17.9 Å². The standard InChI is InChI=1S/C19H22F3N3OS/c1-25(2)16(15-9-4-5-10-17(15)26-3)12-23-18(27)24-14-8-6-7-13(11-14)19(20,21)22/h4-11,16H,12H2,1-3H3,(H2,23,24,27)/t16-/m0/s1. The van der Waals surface area contributed by atoms with Crippen molar-refractivity contribution in [2.24, 2.45) is 0 Å². The number of nitrogens with one attached hydrogen (secondary N) is 2. The Labute approximate surface area is 162 Å². The van der Waals surface area contributed by atoms with Crippen LogP contribution in [0.25, 0.3) is 0 Å². The van der Waals surface area contributed by atoms with Gasteiger partial charge in [-0.3, -0.25) is 0 Å². The van der Waals surface area contributed by atoms with Gasteiger partial charge in [-0.05, 0) is 50.6 Å². The molecule has 2 aromatic carbocycles. The van der Waals surface area contributed by atoms with Crippen LogP contribution in [-0.4, -0.2) is 37.8 Å². The number of hydrogen-bond donors (Lipinski definition) is 2. The van der Waals surface area contributed by atoms with Crippen LogP contribution in [0.3, 0.4) is 0 Å². The van der Waals surface area contributed by atoms with E-state index in [-0.39, 0.29) is 16.8 Å². The minimum Gasteiger partial charge on any atom is -0.496 e. The van der Waals surface area contributed by atoms with Gasteiger partial charge in [-0.1, -0.05) is 24.3 Å². The van der Waals surface area contributed by atoms with E-state index >= 15 is 0 Å². The van der Waals surface area contributed by atoms with Gasteiger partial charge in [0.1, 0.15) is 5.75 Å². The molecule has 0 aliphatic carbocycles. The number of halogens is 3. The maximum Gasteiger partial charge on any atom is 0.416 e. The van der Waals surface area contributed by atoms with Gasteiger partial charge in [0.2, 0.25) is 0 Å². The van der Waals surface area contributed by atoms with Crippen LogP contribution in [0, 0.1) is 0 Å². The second kappa shape index (κ2) is 9.05. The average Bonchev–Trinajstić information content (AvgIpc) is 2.61. The molecule has 0 unspecified atom stereocenters. The van der Waals surface area contributed by atoms with Crippen LogP contribution >= 0.6 is 12.2 Å². The Balaban J connectivity index is 2.05. The minimum absolute atomic E-state index is 0.0394. The molecular weight excluding hydrogens is 375 g/mol. The third-order valence-electron chi connectivity index (χ3n) is 4.03. The van der Waals surface area contributed by atoms with Crippen molar-refractivity contribution in [1.82, 2.24) is 10.2 Å². The van der Waals surface area contributed by atoms with Crippen molar-refractivity contribution in [3.05, 3.63) is 59.7 Å².